The Balaban J connectivity index is 0. The molecule has 0 spiro atoms. The second kappa shape index (κ2) is 28.5. The van der Waals surface area contributed by atoms with E-state index in [4.69, 9.17) is 15.3 Å². The molecule has 7 N–H and O–H groups in total. The smallest absolute Gasteiger partial charge is 0.204 e. The number of anilines is 1. The summed E-state index contributed by atoms with van der Waals surface area (Å²) < 4.78 is 0. The van der Waals surface area contributed by atoms with E-state index >= 15 is 0 Å². The average molecular weight is 638 g/mol. The van der Waals surface area contributed by atoms with Crippen LogP contribution in [0.15, 0.2) is 46.7 Å². The van der Waals surface area contributed by atoms with Gasteiger partial charge >= 0.3 is 0 Å². The SMILES string of the molecule is C=C(C=O)CN1CCSCC1.C=C(CCC(CNC)C1CCCC1)Sc1cc(C(C)C)ccc1N.CC.NC=O.NC=O. The zero-order chi connectivity index (χ0) is 33.0. The maximum absolute atomic E-state index is 10.2. The number of nitrogen functional groups attached to an aromatic ring is 1. The number of primary amides is 2. The van der Waals surface area contributed by atoms with Gasteiger partial charge in [-0.15, -0.1) is 0 Å². The number of nitrogens with two attached hydrogens (primary N) is 3. The van der Waals surface area contributed by atoms with Crippen LogP contribution in [-0.4, -0.2) is 68.7 Å². The van der Waals surface area contributed by atoms with Crippen LogP contribution in [0.2, 0.25) is 0 Å². The number of amides is 2. The molecule has 0 aromatic heterocycles. The summed E-state index contributed by atoms with van der Waals surface area (Å²) in [6.45, 7) is 20.5. The molecule has 3 rings (SSSR count). The fourth-order valence-corrected chi connectivity index (χ4v) is 6.72. The Morgan fingerprint density at radius 2 is 1.65 bits per heavy atom. The zero-order valence-electron chi connectivity index (χ0n) is 27.3. The predicted molar refractivity (Wildman–Crippen MR) is 189 cm³/mol. The number of nitrogens with one attached hydrogen (secondary N) is 1. The highest BCUT2D eigenvalue weighted by Crippen LogP contribution is 2.38. The summed E-state index contributed by atoms with van der Waals surface area (Å²) in [6, 6.07) is 6.40. The van der Waals surface area contributed by atoms with Crippen LogP contribution in [0.25, 0.3) is 0 Å². The summed E-state index contributed by atoms with van der Waals surface area (Å²) in [7, 11) is 2.07. The number of allylic oxidation sites excluding steroid dienone is 1. The molecule has 1 aliphatic carbocycles. The third kappa shape index (κ3) is 21.1. The minimum atomic E-state index is 0.250. The number of nitrogens with zero attached hydrogens (tertiary/aromatic N) is 1. The Kier molecular flexibility index (Phi) is 28.4. The van der Waals surface area contributed by atoms with Crippen LogP contribution in [0.4, 0.5) is 5.69 Å². The molecule has 2 fully saturated rings. The summed E-state index contributed by atoms with van der Waals surface area (Å²) in [5.41, 5.74) is 17.4. The van der Waals surface area contributed by atoms with E-state index in [-0.39, 0.29) is 12.8 Å². The average Bonchev–Trinajstić information content (AvgIpc) is 3.54. The van der Waals surface area contributed by atoms with Crippen molar-refractivity contribution in [1.82, 2.24) is 10.2 Å². The standard InChI is InChI=1S/C21H34N2S.C8H13NOS.C2H6.2CH3NO/c1-15(2)18-11-12-20(22)21(13-18)24-16(3)9-10-19(14-23-4)17-7-5-6-8-17;1-8(7-10)6-9-2-4-11-5-3-9;1-2;2*2-1-3/h11-13,15,17,19,23H,3,5-10,14,22H2,1-2,4H3;7H,1-6H2;1-2H3;2*1H,(H2,2,3). The molecule has 1 saturated heterocycles. The third-order valence-electron chi connectivity index (χ3n) is 6.98. The van der Waals surface area contributed by atoms with Gasteiger partial charge in [0.05, 0.1) is 0 Å². The van der Waals surface area contributed by atoms with E-state index in [1.54, 1.807) is 11.8 Å². The van der Waals surface area contributed by atoms with Gasteiger partial charge in [0.15, 0.2) is 0 Å². The minimum absolute atomic E-state index is 0.250. The number of benzene rings is 1. The highest BCUT2D eigenvalue weighted by Gasteiger charge is 2.24. The summed E-state index contributed by atoms with van der Waals surface area (Å²) in [6.07, 6.45) is 9.32. The monoisotopic (exact) mass is 637 g/mol. The number of carbonyl (C=O) groups is 3. The van der Waals surface area contributed by atoms with Gasteiger partial charge in [0.2, 0.25) is 12.8 Å². The first-order chi connectivity index (χ1) is 20.7. The van der Waals surface area contributed by atoms with E-state index in [1.165, 1.54) is 54.1 Å². The molecule has 1 atom stereocenters. The van der Waals surface area contributed by atoms with Crippen molar-refractivity contribution in [1.29, 1.82) is 0 Å². The lowest BCUT2D eigenvalue weighted by atomic mass is 9.87. The summed E-state index contributed by atoms with van der Waals surface area (Å²) in [5.74, 6) is 4.59. The van der Waals surface area contributed by atoms with Crippen LogP contribution in [0.3, 0.4) is 0 Å². The summed E-state index contributed by atoms with van der Waals surface area (Å²) >= 11 is 3.74. The third-order valence-corrected chi connectivity index (χ3v) is 8.99. The number of hydrogen-bond acceptors (Lipinski definition) is 8. The molecule has 1 aliphatic heterocycles. The van der Waals surface area contributed by atoms with Crippen molar-refractivity contribution in [2.24, 2.45) is 23.3 Å². The van der Waals surface area contributed by atoms with Gasteiger partial charge < -0.3 is 22.5 Å². The molecule has 1 saturated carbocycles. The Morgan fingerprint density at radius 1 is 1.09 bits per heavy atom. The Morgan fingerprint density at radius 3 is 2.14 bits per heavy atom. The fraction of sp³-hybridized carbons (Fsp3) is 0.606. The lowest BCUT2D eigenvalue weighted by Crippen LogP contribution is -2.34. The fourth-order valence-electron chi connectivity index (χ4n) is 4.83. The molecule has 43 heavy (non-hydrogen) atoms. The first-order valence-electron chi connectivity index (χ1n) is 15.3. The number of hydrogen-bond donors (Lipinski definition) is 4. The Bertz CT molecular complexity index is 897. The van der Waals surface area contributed by atoms with Crippen molar-refractivity contribution >= 4 is 48.3 Å². The maximum Gasteiger partial charge on any atom is 0.204 e. The van der Waals surface area contributed by atoms with Crippen LogP contribution >= 0.6 is 23.5 Å². The van der Waals surface area contributed by atoms with Gasteiger partial charge in [-0.1, -0.05) is 84.4 Å². The normalized spacial score (nSPS) is 15.0. The van der Waals surface area contributed by atoms with Crippen molar-refractivity contribution in [2.45, 2.75) is 77.0 Å². The second-order valence-electron chi connectivity index (χ2n) is 10.4. The molecule has 2 aliphatic rings. The largest absolute Gasteiger partial charge is 0.398 e. The minimum Gasteiger partial charge on any atom is -0.398 e. The van der Waals surface area contributed by atoms with Crippen LogP contribution in [0, 0.1) is 11.8 Å². The van der Waals surface area contributed by atoms with Gasteiger partial charge in [0, 0.05) is 41.7 Å². The molecule has 1 heterocycles. The highest BCUT2D eigenvalue weighted by atomic mass is 32.2. The maximum atomic E-state index is 10.2. The lowest BCUT2D eigenvalue weighted by Gasteiger charge is -2.25. The summed E-state index contributed by atoms with van der Waals surface area (Å²) in [5, 5.41) is 3.39. The molecule has 10 heteroatoms. The van der Waals surface area contributed by atoms with Crippen molar-refractivity contribution in [2.75, 3.05) is 50.5 Å². The van der Waals surface area contributed by atoms with Gasteiger partial charge in [-0.2, -0.15) is 11.8 Å². The zero-order valence-corrected chi connectivity index (χ0v) is 28.9. The Hall–Kier alpha value is -2.27. The molecule has 0 radical (unpaired) electrons. The molecule has 1 unspecified atom stereocenters. The van der Waals surface area contributed by atoms with E-state index < -0.39 is 0 Å². The van der Waals surface area contributed by atoms with Gasteiger partial charge in [0.1, 0.15) is 6.29 Å². The second-order valence-corrected chi connectivity index (χ2v) is 12.9. The number of rotatable bonds is 12. The van der Waals surface area contributed by atoms with Crippen LogP contribution in [0.5, 0.6) is 0 Å². The van der Waals surface area contributed by atoms with E-state index in [1.807, 2.05) is 31.7 Å². The molecule has 8 nitrogen and oxygen atoms in total. The van der Waals surface area contributed by atoms with E-state index in [0.29, 0.717) is 11.5 Å². The molecule has 1 aromatic rings. The van der Waals surface area contributed by atoms with Crippen LogP contribution in [0.1, 0.15) is 77.7 Å². The topological polar surface area (TPSA) is 145 Å². The number of aldehydes is 1. The molecule has 246 valence electrons. The highest BCUT2D eigenvalue weighted by molar-refractivity contribution is 8.03. The van der Waals surface area contributed by atoms with Crippen LogP contribution < -0.4 is 22.5 Å². The van der Waals surface area contributed by atoms with Crippen molar-refractivity contribution in [3.05, 3.63) is 47.4 Å². The van der Waals surface area contributed by atoms with Crippen LogP contribution in [-0.2, 0) is 14.4 Å². The first-order valence-corrected chi connectivity index (χ1v) is 17.3. The van der Waals surface area contributed by atoms with Gasteiger partial charge in [0.25, 0.3) is 0 Å². The summed E-state index contributed by atoms with van der Waals surface area (Å²) in [4.78, 5) is 32.1. The Labute approximate surface area is 270 Å². The molecule has 0 bridgehead atoms. The lowest BCUT2D eigenvalue weighted by molar-refractivity contribution is -0.107. The van der Waals surface area contributed by atoms with Gasteiger partial charge in [-0.25, -0.2) is 0 Å². The number of thioether (sulfide) groups is 2. The van der Waals surface area contributed by atoms with Crippen molar-refractivity contribution < 1.29 is 14.4 Å². The molecule has 2 amide bonds. The van der Waals surface area contributed by atoms with Crippen molar-refractivity contribution in [3.63, 3.8) is 0 Å². The van der Waals surface area contributed by atoms with Gasteiger partial charge in [-0.3, -0.25) is 19.3 Å². The number of carbonyl (C=O) groups excluding carboxylic acids is 3. The van der Waals surface area contributed by atoms with E-state index in [0.717, 1.165) is 61.3 Å². The molecular formula is C33H59N5O3S2. The van der Waals surface area contributed by atoms with E-state index in [2.05, 4.69) is 67.9 Å². The molecule has 1 aromatic carbocycles. The predicted octanol–water partition coefficient (Wildman–Crippen LogP) is 5.82. The first kappa shape index (κ1) is 42.9. The van der Waals surface area contributed by atoms with Gasteiger partial charge in [-0.05, 0) is 72.4 Å². The molecular weight excluding hydrogens is 579 g/mol. The van der Waals surface area contributed by atoms with Crippen molar-refractivity contribution in [3.8, 4) is 0 Å². The quantitative estimate of drug-likeness (QED) is 0.0971. The van der Waals surface area contributed by atoms with E-state index in [9.17, 15) is 4.79 Å².